The summed E-state index contributed by atoms with van der Waals surface area (Å²) in [5.74, 6) is 1.00. The van der Waals surface area contributed by atoms with Gasteiger partial charge in [-0.1, -0.05) is 0 Å². The standard InChI is InChI=1S/C13H20N2O3.ClH/c1-9(2)18-11-5-4-10(8-12(11)17-3)13(16)15-7-6-14;/h4-5,8-9H,6-7,14H2,1-3H3,(H,15,16);1H. The Bertz CT molecular complexity index is 411. The summed E-state index contributed by atoms with van der Waals surface area (Å²) in [6.07, 6.45) is 0.0517. The lowest BCUT2D eigenvalue weighted by atomic mass is 10.2. The number of carbonyl (C=O) groups excluding carboxylic acids is 1. The lowest BCUT2D eigenvalue weighted by Crippen LogP contribution is -2.28. The maximum Gasteiger partial charge on any atom is 0.251 e. The summed E-state index contributed by atoms with van der Waals surface area (Å²) in [5.41, 5.74) is 5.85. The number of hydrogen-bond donors (Lipinski definition) is 2. The molecule has 0 saturated carbocycles. The van der Waals surface area contributed by atoms with Crippen molar-refractivity contribution in [3.05, 3.63) is 23.8 Å². The van der Waals surface area contributed by atoms with Gasteiger partial charge in [0.2, 0.25) is 0 Å². The van der Waals surface area contributed by atoms with E-state index in [0.29, 0.717) is 30.2 Å². The van der Waals surface area contributed by atoms with Gasteiger partial charge in [0, 0.05) is 18.7 Å². The van der Waals surface area contributed by atoms with Crippen LogP contribution in [0, 0.1) is 0 Å². The van der Waals surface area contributed by atoms with Gasteiger partial charge in [0.05, 0.1) is 13.2 Å². The van der Waals surface area contributed by atoms with Crippen LogP contribution in [-0.4, -0.2) is 32.2 Å². The molecule has 6 heteroatoms. The van der Waals surface area contributed by atoms with Gasteiger partial charge in [-0.05, 0) is 32.0 Å². The van der Waals surface area contributed by atoms with Crippen LogP contribution in [0.2, 0.25) is 0 Å². The van der Waals surface area contributed by atoms with Crippen LogP contribution in [0.25, 0.3) is 0 Å². The van der Waals surface area contributed by atoms with Crippen molar-refractivity contribution in [3.8, 4) is 11.5 Å². The van der Waals surface area contributed by atoms with Crippen LogP contribution >= 0.6 is 12.4 Å². The molecule has 0 fully saturated rings. The maximum absolute atomic E-state index is 11.7. The molecule has 1 aromatic rings. The number of nitrogens with one attached hydrogen (secondary N) is 1. The molecular weight excluding hydrogens is 268 g/mol. The molecule has 0 heterocycles. The average molecular weight is 289 g/mol. The summed E-state index contributed by atoms with van der Waals surface area (Å²) in [7, 11) is 1.55. The predicted octanol–water partition coefficient (Wildman–Crippen LogP) is 1.59. The smallest absolute Gasteiger partial charge is 0.251 e. The van der Waals surface area contributed by atoms with Crippen molar-refractivity contribution in [1.82, 2.24) is 5.32 Å². The zero-order valence-electron chi connectivity index (χ0n) is 11.4. The van der Waals surface area contributed by atoms with Gasteiger partial charge in [-0.15, -0.1) is 12.4 Å². The number of hydrogen-bond acceptors (Lipinski definition) is 4. The second-order valence-electron chi connectivity index (χ2n) is 4.08. The maximum atomic E-state index is 11.7. The Kier molecular flexibility index (Phi) is 7.95. The van der Waals surface area contributed by atoms with E-state index in [4.69, 9.17) is 15.2 Å². The Morgan fingerprint density at radius 3 is 2.58 bits per heavy atom. The highest BCUT2D eigenvalue weighted by molar-refractivity contribution is 5.94. The molecule has 1 amide bonds. The number of rotatable bonds is 6. The normalized spacial score (nSPS) is 9.74. The van der Waals surface area contributed by atoms with E-state index < -0.39 is 0 Å². The predicted molar refractivity (Wildman–Crippen MR) is 77.4 cm³/mol. The topological polar surface area (TPSA) is 73.6 Å². The Morgan fingerprint density at radius 2 is 2.05 bits per heavy atom. The first-order chi connectivity index (χ1) is 8.58. The fourth-order valence-corrected chi connectivity index (χ4v) is 1.45. The van der Waals surface area contributed by atoms with Crippen molar-refractivity contribution < 1.29 is 14.3 Å². The van der Waals surface area contributed by atoms with Gasteiger partial charge in [-0.3, -0.25) is 4.79 Å². The summed E-state index contributed by atoms with van der Waals surface area (Å²) in [5, 5.41) is 2.70. The van der Waals surface area contributed by atoms with Crippen LogP contribution in [-0.2, 0) is 0 Å². The van der Waals surface area contributed by atoms with E-state index in [1.165, 1.54) is 0 Å². The van der Waals surface area contributed by atoms with Gasteiger partial charge < -0.3 is 20.5 Å². The summed E-state index contributed by atoms with van der Waals surface area (Å²) in [4.78, 5) is 11.7. The molecule has 0 unspecified atom stereocenters. The molecule has 0 atom stereocenters. The van der Waals surface area contributed by atoms with E-state index in [0.717, 1.165) is 0 Å². The molecule has 108 valence electrons. The fourth-order valence-electron chi connectivity index (χ4n) is 1.45. The Morgan fingerprint density at radius 1 is 1.37 bits per heavy atom. The van der Waals surface area contributed by atoms with Crippen molar-refractivity contribution in [2.75, 3.05) is 20.2 Å². The second-order valence-corrected chi connectivity index (χ2v) is 4.08. The van der Waals surface area contributed by atoms with Crippen LogP contribution in [0.3, 0.4) is 0 Å². The molecule has 5 nitrogen and oxygen atoms in total. The fraction of sp³-hybridized carbons (Fsp3) is 0.462. The molecule has 0 bridgehead atoms. The van der Waals surface area contributed by atoms with E-state index in [1.807, 2.05) is 13.8 Å². The number of ether oxygens (including phenoxy) is 2. The van der Waals surface area contributed by atoms with Gasteiger partial charge in [-0.2, -0.15) is 0 Å². The van der Waals surface area contributed by atoms with Crippen molar-refractivity contribution in [2.24, 2.45) is 5.73 Å². The lowest BCUT2D eigenvalue weighted by Gasteiger charge is -2.14. The number of halogens is 1. The van der Waals surface area contributed by atoms with Crippen LogP contribution in [0.15, 0.2) is 18.2 Å². The zero-order valence-corrected chi connectivity index (χ0v) is 12.3. The minimum Gasteiger partial charge on any atom is -0.493 e. The number of methoxy groups -OCH3 is 1. The summed E-state index contributed by atoms with van der Waals surface area (Å²) in [6.45, 7) is 4.73. The molecule has 1 aromatic carbocycles. The first-order valence-electron chi connectivity index (χ1n) is 5.91. The van der Waals surface area contributed by atoms with E-state index in [9.17, 15) is 4.79 Å². The van der Waals surface area contributed by atoms with E-state index in [1.54, 1.807) is 25.3 Å². The van der Waals surface area contributed by atoms with Gasteiger partial charge >= 0.3 is 0 Å². The Labute approximate surface area is 119 Å². The van der Waals surface area contributed by atoms with Gasteiger partial charge in [0.15, 0.2) is 11.5 Å². The Balaban J connectivity index is 0.00000324. The average Bonchev–Trinajstić information content (AvgIpc) is 2.35. The molecule has 3 N–H and O–H groups in total. The summed E-state index contributed by atoms with van der Waals surface area (Å²) >= 11 is 0. The SMILES string of the molecule is COc1cc(C(=O)NCCN)ccc1OC(C)C.Cl. The lowest BCUT2D eigenvalue weighted by molar-refractivity contribution is 0.0954. The third-order valence-corrected chi connectivity index (χ3v) is 2.22. The summed E-state index contributed by atoms with van der Waals surface area (Å²) in [6, 6.07) is 5.09. The monoisotopic (exact) mass is 288 g/mol. The number of carbonyl (C=O) groups is 1. The number of benzene rings is 1. The minimum atomic E-state index is -0.171. The van der Waals surface area contributed by atoms with E-state index >= 15 is 0 Å². The largest absolute Gasteiger partial charge is 0.493 e. The molecule has 0 aliphatic carbocycles. The number of amides is 1. The van der Waals surface area contributed by atoms with Crippen molar-refractivity contribution in [3.63, 3.8) is 0 Å². The van der Waals surface area contributed by atoms with Crippen LogP contribution in [0.1, 0.15) is 24.2 Å². The van der Waals surface area contributed by atoms with Crippen molar-refractivity contribution in [2.45, 2.75) is 20.0 Å². The molecule has 0 spiro atoms. The number of nitrogens with two attached hydrogens (primary N) is 1. The van der Waals surface area contributed by atoms with E-state index in [-0.39, 0.29) is 24.4 Å². The molecule has 0 saturated heterocycles. The van der Waals surface area contributed by atoms with Crippen molar-refractivity contribution >= 4 is 18.3 Å². The van der Waals surface area contributed by atoms with Crippen molar-refractivity contribution in [1.29, 1.82) is 0 Å². The van der Waals surface area contributed by atoms with Gasteiger partial charge in [0.25, 0.3) is 5.91 Å². The third kappa shape index (κ3) is 5.36. The van der Waals surface area contributed by atoms with Crippen LogP contribution in [0.4, 0.5) is 0 Å². The minimum absolute atomic E-state index is 0. The zero-order chi connectivity index (χ0) is 13.5. The summed E-state index contributed by atoms with van der Waals surface area (Å²) < 4.78 is 10.8. The Hall–Kier alpha value is -1.46. The molecule has 1 rings (SSSR count). The van der Waals surface area contributed by atoms with Gasteiger partial charge in [-0.25, -0.2) is 0 Å². The first kappa shape index (κ1) is 17.5. The van der Waals surface area contributed by atoms with E-state index in [2.05, 4.69) is 5.32 Å². The second kappa shape index (κ2) is 8.61. The molecule has 0 aliphatic heterocycles. The molecule has 0 aromatic heterocycles. The highest BCUT2D eigenvalue weighted by atomic mass is 35.5. The van der Waals surface area contributed by atoms with Crippen LogP contribution in [0.5, 0.6) is 11.5 Å². The highest BCUT2D eigenvalue weighted by Crippen LogP contribution is 2.28. The first-order valence-corrected chi connectivity index (χ1v) is 5.91. The molecular formula is C13H21ClN2O3. The molecule has 0 aliphatic rings. The quantitative estimate of drug-likeness (QED) is 0.834. The highest BCUT2D eigenvalue weighted by Gasteiger charge is 2.11. The third-order valence-electron chi connectivity index (χ3n) is 2.22. The molecule has 0 radical (unpaired) electrons. The van der Waals surface area contributed by atoms with Crippen LogP contribution < -0.4 is 20.5 Å². The van der Waals surface area contributed by atoms with Gasteiger partial charge in [0.1, 0.15) is 0 Å². The molecule has 19 heavy (non-hydrogen) atoms.